The van der Waals surface area contributed by atoms with E-state index in [-0.39, 0.29) is 0 Å². The number of nitrogens with zero attached hydrogens (tertiary/aromatic N) is 1. The SMILES string of the molecule is CC1CCC(CN(C)C2CCCNCC2)CC1. The highest BCUT2D eigenvalue weighted by Crippen LogP contribution is 2.29. The molecule has 2 rings (SSSR count). The Hall–Kier alpha value is -0.0800. The molecule has 0 spiro atoms. The minimum Gasteiger partial charge on any atom is -0.317 e. The van der Waals surface area contributed by atoms with E-state index in [0.717, 1.165) is 17.9 Å². The molecule has 1 aliphatic heterocycles. The molecule has 0 aromatic heterocycles. The summed E-state index contributed by atoms with van der Waals surface area (Å²) in [4.78, 5) is 2.66. The van der Waals surface area contributed by atoms with Crippen LogP contribution in [0.1, 0.15) is 51.9 Å². The molecule has 1 heterocycles. The molecular weight excluding hydrogens is 208 g/mol. The van der Waals surface area contributed by atoms with Crippen molar-refractivity contribution in [2.75, 3.05) is 26.7 Å². The van der Waals surface area contributed by atoms with E-state index in [2.05, 4.69) is 24.2 Å². The van der Waals surface area contributed by atoms with Crippen LogP contribution in [0.2, 0.25) is 0 Å². The van der Waals surface area contributed by atoms with Crippen molar-refractivity contribution in [3.05, 3.63) is 0 Å². The number of hydrogen-bond donors (Lipinski definition) is 1. The quantitative estimate of drug-likeness (QED) is 0.813. The molecule has 1 N–H and O–H groups in total. The van der Waals surface area contributed by atoms with Crippen molar-refractivity contribution in [1.29, 1.82) is 0 Å². The van der Waals surface area contributed by atoms with Crippen LogP contribution in [-0.2, 0) is 0 Å². The van der Waals surface area contributed by atoms with Gasteiger partial charge in [0.2, 0.25) is 0 Å². The van der Waals surface area contributed by atoms with Crippen LogP contribution in [0.15, 0.2) is 0 Å². The fourth-order valence-electron chi connectivity index (χ4n) is 3.51. The lowest BCUT2D eigenvalue weighted by Crippen LogP contribution is -2.37. The molecule has 2 heteroatoms. The second-order valence-electron chi connectivity index (χ2n) is 6.40. The first kappa shape index (κ1) is 13.4. The Morgan fingerprint density at radius 2 is 1.76 bits per heavy atom. The smallest absolute Gasteiger partial charge is 0.0105 e. The molecule has 1 aliphatic carbocycles. The lowest BCUT2D eigenvalue weighted by Gasteiger charge is -2.33. The van der Waals surface area contributed by atoms with E-state index < -0.39 is 0 Å². The molecule has 2 nitrogen and oxygen atoms in total. The fourth-order valence-corrected chi connectivity index (χ4v) is 3.51. The average Bonchev–Trinajstić information content (AvgIpc) is 2.61. The molecule has 0 aromatic carbocycles. The van der Waals surface area contributed by atoms with Gasteiger partial charge in [-0.25, -0.2) is 0 Å². The van der Waals surface area contributed by atoms with Crippen molar-refractivity contribution in [1.82, 2.24) is 10.2 Å². The van der Waals surface area contributed by atoms with E-state index in [1.807, 2.05) is 0 Å². The van der Waals surface area contributed by atoms with Crippen molar-refractivity contribution in [2.45, 2.75) is 57.9 Å². The van der Waals surface area contributed by atoms with Crippen molar-refractivity contribution >= 4 is 0 Å². The van der Waals surface area contributed by atoms with Crippen LogP contribution in [0.5, 0.6) is 0 Å². The Morgan fingerprint density at radius 3 is 2.53 bits per heavy atom. The summed E-state index contributed by atoms with van der Waals surface area (Å²) in [7, 11) is 2.36. The second kappa shape index (κ2) is 6.75. The van der Waals surface area contributed by atoms with Crippen LogP contribution >= 0.6 is 0 Å². The van der Waals surface area contributed by atoms with Gasteiger partial charge in [-0.1, -0.05) is 19.8 Å². The summed E-state index contributed by atoms with van der Waals surface area (Å²) in [5, 5.41) is 3.51. The van der Waals surface area contributed by atoms with Crippen molar-refractivity contribution in [2.24, 2.45) is 11.8 Å². The number of nitrogens with one attached hydrogen (secondary N) is 1. The third kappa shape index (κ3) is 4.26. The zero-order chi connectivity index (χ0) is 12.1. The van der Waals surface area contributed by atoms with Gasteiger partial charge in [-0.05, 0) is 64.1 Å². The summed E-state index contributed by atoms with van der Waals surface area (Å²) in [6.45, 7) is 6.20. The Labute approximate surface area is 107 Å². The van der Waals surface area contributed by atoms with Crippen molar-refractivity contribution in [3.63, 3.8) is 0 Å². The largest absolute Gasteiger partial charge is 0.317 e. The molecule has 0 bridgehead atoms. The molecule has 0 aromatic rings. The third-order valence-electron chi connectivity index (χ3n) is 4.85. The van der Waals surface area contributed by atoms with Gasteiger partial charge in [0.05, 0.1) is 0 Å². The molecule has 17 heavy (non-hydrogen) atoms. The maximum atomic E-state index is 3.51. The van der Waals surface area contributed by atoms with Gasteiger partial charge in [0.1, 0.15) is 0 Å². The monoisotopic (exact) mass is 238 g/mol. The molecule has 0 radical (unpaired) electrons. The van der Waals surface area contributed by atoms with Gasteiger partial charge in [-0.2, -0.15) is 0 Å². The molecular formula is C15H30N2. The first-order valence-electron chi connectivity index (χ1n) is 7.66. The summed E-state index contributed by atoms with van der Waals surface area (Å²) in [6, 6.07) is 0.837. The topological polar surface area (TPSA) is 15.3 Å². The van der Waals surface area contributed by atoms with Crippen LogP contribution in [0.25, 0.3) is 0 Å². The highest BCUT2D eigenvalue weighted by atomic mass is 15.1. The van der Waals surface area contributed by atoms with E-state index >= 15 is 0 Å². The van der Waals surface area contributed by atoms with E-state index in [0.29, 0.717) is 0 Å². The lowest BCUT2D eigenvalue weighted by atomic mass is 9.82. The van der Waals surface area contributed by atoms with Gasteiger partial charge >= 0.3 is 0 Å². The summed E-state index contributed by atoms with van der Waals surface area (Å²) in [5.41, 5.74) is 0. The Bertz CT molecular complexity index is 201. The van der Waals surface area contributed by atoms with Crippen LogP contribution in [0.4, 0.5) is 0 Å². The van der Waals surface area contributed by atoms with Crippen LogP contribution in [-0.4, -0.2) is 37.6 Å². The first-order chi connectivity index (χ1) is 8.25. The van der Waals surface area contributed by atoms with E-state index in [1.54, 1.807) is 0 Å². The second-order valence-corrected chi connectivity index (χ2v) is 6.40. The zero-order valence-corrected chi connectivity index (χ0v) is 11.8. The van der Waals surface area contributed by atoms with Gasteiger partial charge in [-0.15, -0.1) is 0 Å². The molecule has 1 atom stereocenters. The van der Waals surface area contributed by atoms with Gasteiger partial charge in [-0.3, -0.25) is 0 Å². The molecule has 100 valence electrons. The maximum absolute atomic E-state index is 3.51. The first-order valence-corrected chi connectivity index (χ1v) is 7.66. The molecule has 1 saturated carbocycles. The highest BCUT2D eigenvalue weighted by molar-refractivity contribution is 4.78. The maximum Gasteiger partial charge on any atom is 0.0105 e. The highest BCUT2D eigenvalue weighted by Gasteiger charge is 2.23. The van der Waals surface area contributed by atoms with E-state index in [4.69, 9.17) is 0 Å². The van der Waals surface area contributed by atoms with E-state index in [1.165, 1.54) is 64.6 Å². The predicted molar refractivity (Wildman–Crippen MR) is 74.3 cm³/mol. The molecule has 1 saturated heterocycles. The lowest BCUT2D eigenvalue weighted by molar-refractivity contribution is 0.160. The molecule has 2 fully saturated rings. The van der Waals surface area contributed by atoms with Gasteiger partial charge in [0, 0.05) is 12.6 Å². The van der Waals surface area contributed by atoms with Crippen LogP contribution < -0.4 is 5.32 Å². The summed E-state index contributed by atoms with van der Waals surface area (Å²) >= 11 is 0. The van der Waals surface area contributed by atoms with Gasteiger partial charge in [0.15, 0.2) is 0 Å². The molecule has 1 unspecified atom stereocenters. The minimum absolute atomic E-state index is 0.837. The summed E-state index contributed by atoms with van der Waals surface area (Å²) in [6.07, 6.45) is 9.96. The summed E-state index contributed by atoms with van der Waals surface area (Å²) < 4.78 is 0. The number of rotatable bonds is 3. The van der Waals surface area contributed by atoms with Crippen molar-refractivity contribution in [3.8, 4) is 0 Å². The summed E-state index contributed by atoms with van der Waals surface area (Å²) in [5.74, 6) is 1.96. The Kier molecular flexibility index (Phi) is 5.30. The van der Waals surface area contributed by atoms with E-state index in [9.17, 15) is 0 Å². The molecule has 0 amide bonds. The van der Waals surface area contributed by atoms with Crippen LogP contribution in [0.3, 0.4) is 0 Å². The van der Waals surface area contributed by atoms with Gasteiger partial charge < -0.3 is 10.2 Å². The molecule has 2 aliphatic rings. The minimum atomic E-state index is 0.837. The van der Waals surface area contributed by atoms with Crippen LogP contribution in [0, 0.1) is 11.8 Å². The Morgan fingerprint density at radius 1 is 1.00 bits per heavy atom. The number of hydrogen-bond acceptors (Lipinski definition) is 2. The predicted octanol–water partition coefficient (Wildman–Crippen LogP) is 2.89. The van der Waals surface area contributed by atoms with Gasteiger partial charge in [0.25, 0.3) is 0 Å². The standard InChI is InChI=1S/C15H30N2/c1-13-5-7-14(8-6-13)12-17(2)15-4-3-10-16-11-9-15/h13-16H,3-12H2,1-2H3. The normalized spacial score (nSPS) is 35.8. The third-order valence-corrected chi connectivity index (χ3v) is 4.85. The fraction of sp³-hybridized carbons (Fsp3) is 1.00. The Balaban J connectivity index is 1.73. The average molecular weight is 238 g/mol. The zero-order valence-electron chi connectivity index (χ0n) is 11.8. The van der Waals surface area contributed by atoms with Crippen molar-refractivity contribution < 1.29 is 0 Å².